The summed E-state index contributed by atoms with van der Waals surface area (Å²) in [4.78, 5) is 11.5. The Morgan fingerprint density at radius 3 is 2.81 bits per heavy atom. The van der Waals surface area contributed by atoms with E-state index in [9.17, 15) is 4.79 Å². The van der Waals surface area contributed by atoms with Crippen LogP contribution in [0.15, 0.2) is 0 Å². The molecular formula is C11H23NO4. The van der Waals surface area contributed by atoms with Crippen molar-refractivity contribution in [2.75, 3.05) is 33.5 Å². The highest BCUT2D eigenvalue weighted by molar-refractivity contribution is 5.76. The predicted molar refractivity (Wildman–Crippen MR) is 61.2 cm³/mol. The first-order chi connectivity index (χ1) is 7.74. The topological polar surface area (TPSA) is 67.8 Å². The van der Waals surface area contributed by atoms with E-state index in [1.165, 1.54) is 0 Å². The van der Waals surface area contributed by atoms with Crippen molar-refractivity contribution >= 4 is 5.91 Å². The molecule has 0 aliphatic heterocycles. The normalized spacial score (nSPS) is 12.4. The molecule has 0 heterocycles. The molecular weight excluding hydrogens is 210 g/mol. The van der Waals surface area contributed by atoms with Crippen LogP contribution in [0.3, 0.4) is 0 Å². The molecule has 0 fully saturated rings. The second-order valence-electron chi connectivity index (χ2n) is 3.53. The van der Waals surface area contributed by atoms with Gasteiger partial charge >= 0.3 is 0 Å². The van der Waals surface area contributed by atoms with Crippen LogP contribution in [0.1, 0.15) is 26.2 Å². The lowest BCUT2D eigenvalue weighted by molar-refractivity contribution is -0.122. The summed E-state index contributed by atoms with van der Waals surface area (Å²) in [6.07, 6.45) is 1.69. The number of rotatable bonds is 10. The SMILES string of the molecule is CCOCCCC(=O)NC(CCO)COC. The van der Waals surface area contributed by atoms with Crippen molar-refractivity contribution in [1.82, 2.24) is 5.32 Å². The van der Waals surface area contributed by atoms with E-state index >= 15 is 0 Å². The highest BCUT2D eigenvalue weighted by atomic mass is 16.5. The number of carbonyl (C=O) groups is 1. The first-order valence-corrected chi connectivity index (χ1v) is 5.71. The molecule has 0 spiro atoms. The van der Waals surface area contributed by atoms with Gasteiger partial charge in [0.15, 0.2) is 0 Å². The molecule has 1 amide bonds. The lowest BCUT2D eigenvalue weighted by Gasteiger charge is -2.16. The Labute approximate surface area is 97.1 Å². The molecule has 0 saturated heterocycles. The Hall–Kier alpha value is -0.650. The van der Waals surface area contributed by atoms with E-state index in [4.69, 9.17) is 14.6 Å². The van der Waals surface area contributed by atoms with Crippen LogP contribution in [0.5, 0.6) is 0 Å². The van der Waals surface area contributed by atoms with Crippen LogP contribution in [0.4, 0.5) is 0 Å². The Morgan fingerprint density at radius 2 is 2.25 bits per heavy atom. The Kier molecular flexibility index (Phi) is 10.4. The molecule has 0 aromatic carbocycles. The molecule has 0 radical (unpaired) electrons. The van der Waals surface area contributed by atoms with Crippen molar-refractivity contribution in [3.8, 4) is 0 Å². The second kappa shape index (κ2) is 10.9. The number of hydrogen-bond acceptors (Lipinski definition) is 4. The fraction of sp³-hybridized carbons (Fsp3) is 0.909. The molecule has 5 nitrogen and oxygen atoms in total. The monoisotopic (exact) mass is 233 g/mol. The van der Waals surface area contributed by atoms with Gasteiger partial charge in [0.25, 0.3) is 0 Å². The summed E-state index contributed by atoms with van der Waals surface area (Å²) in [5.74, 6) is -0.0183. The van der Waals surface area contributed by atoms with Crippen LogP contribution in [0.2, 0.25) is 0 Å². The molecule has 2 N–H and O–H groups in total. The molecule has 0 bridgehead atoms. The van der Waals surface area contributed by atoms with Gasteiger partial charge in [-0.05, 0) is 19.8 Å². The van der Waals surface area contributed by atoms with E-state index in [1.807, 2.05) is 6.92 Å². The summed E-state index contributed by atoms with van der Waals surface area (Å²) in [5, 5.41) is 11.6. The van der Waals surface area contributed by atoms with Crippen molar-refractivity contribution in [2.45, 2.75) is 32.2 Å². The second-order valence-corrected chi connectivity index (χ2v) is 3.53. The van der Waals surface area contributed by atoms with Gasteiger partial charge in [-0.15, -0.1) is 0 Å². The van der Waals surface area contributed by atoms with Crippen LogP contribution in [-0.2, 0) is 14.3 Å². The number of nitrogens with one attached hydrogen (secondary N) is 1. The van der Waals surface area contributed by atoms with E-state index < -0.39 is 0 Å². The van der Waals surface area contributed by atoms with Crippen molar-refractivity contribution in [2.24, 2.45) is 0 Å². The molecule has 1 atom stereocenters. The summed E-state index contributed by atoms with van der Waals surface area (Å²) in [6.45, 7) is 3.69. The van der Waals surface area contributed by atoms with Crippen LogP contribution < -0.4 is 5.32 Å². The van der Waals surface area contributed by atoms with Gasteiger partial charge in [-0.2, -0.15) is 0 Å². The summed E-state index contributed by atoms with van der Waals surface area (Å²) in [5.41, 5.74) is 0. The average Bonchev–Trinajstić information content (AvgIpc) is 2.25. The van der Waals surface area contributed by atoms with Gasteiger partial charge < -0.3 is 19.9 Å². The summed E-state index contributed by atoms with van der Waals surface area (Å²) in [7, 11) is 1.58. The summed E-state index contributed by atoms with van der Waals surface area (Å²) < 4.78 is 10.1. The van der Waals surface area contributed by atoms with Crippen molar-refractivity contribution in [1.29, 1.82) is 0 Å². The predicted octanol–water partition coefficient (Wildman–Crippen LogP) is 0.317. The van der Waals surface area contributed by atoms with Gasteiger partial charge in [0, 0.05) is 33.4 Å². The summed E-state index contributed by atoms with van der Waals surface area (Å²) in [6, 6.07) is -0.102. The molecule has 16 heavy (non-hydrogen) atoms. The third-order valence-corrected chi connectivity index (χ3v) is 2.11. The van der Waals surface area contributed by atoms with E-state index in [0.717, 1.165) is 6.42 Å². The van der Waals surface area contributed by atoms with E-state index in [2.05, 4.69) is 5.32 Å². The van der Waals surface area contributed by atoms with Crippen molar-refractivity contribution in [3.05, 3.63) is 0 Å². The van der Waals surface area contributed by atoms with Crippen molar-refractivity contribution < 1.29 is 19.4 Å². The van der Waals surface area contributed by atoms with Crippen LogP contribution in [0.25, 0.3) is 0 Å². The minimum absolute atomic E-state index is 0.0183. The van der Waals surface area contributed by atoms with Gasteiger partial charge in [-0.25, -0.2) is 0 Å². The fourth-order valence-corrected chi connectivity index (χ4v) is 1.33. The molecule has 5 heteroatoms. The smallest absolute Gasteiger partial charge is 0.220 e. The number of ether oxygens (including phenoxy) is 2. The number of aliphatic hydroxyl groups excluding tert-OH is 1. The zero-order valence-electron chi connectivity index (χ0n) is 10.2. The lowest BCUT2D eigenvalue weighted by atomic mass is 10.2. The number of carbonyl (C=O) groups excluding carboxylic acids is 1. The maximum atomic E-state index is 11.5. The first-order valence-electron chi connectivity index (χ1n) is 5.71. The number of amides is 1. The van der Waals surface area contributed by atoms with Crippen LogP contribution in [0, 0.1) is 0 Å². The minimum Gasteiger partial charge on any atom is -0.396 e. The molecule has 0 aromatic heterocycles. The van der Waals surface area contributed by atoms with Gasteiger partial charge in [0.1, 0.15) is 0 Å². The maximum absolute atomic E-state index is 11.5. The number of hydrogen-bond donors (Lipinski definition) is 2. The maximum Gasteiger partial charge on any atom is 0.220 e. The molecule has 0 aliphatic carbocycles. The molecule has 0 saturated carbocycles. The zero-order valence-corrected chi connectivity index (χ0v) is 10.2. The van der Waals surface area contributed by atoms with E-state index in [1.54, 1.807) is 7.11 Å². The fourth-order valence-electron chi connectivity index (χ4n) is 1.33. The van der Waals surface area contributed by atoms with E-state index in [0.29, 0.717) is 32.7 Å². The first kappa shape index (κ1) is 15.3. The number of methoxy groups -OCH3 is 1. The van der Waals surface area contributed by atoms with Crippen LogP contribution in [-0.4, -0.2) is 50.6 Å². The van der Waals surface area contributed by atoms with Gasteiger partial charge in [-0.3, -0.25) is 4.79 Å². The summed E-state index contributed by atoms with van der Waals surface area (Å²) >= 11 is 0. The molecule has 0 aliphatic rings. The third-order valence-electron chi connectivity index (χ3n) is 2.11. The van der Waals surface area contributed by atoms with Crippen LogP contribution >= 0.6 is 0 Å². The van der Waals surface area contributed by atoms with Gasteiger partial charge in [0.2, 0.25) is 5.91 Å². The Morgan fingerprint density at radius 1 is 1.50 bits per heavy atom. The average molecular weight is 233 g/mol. The lowest BCUT2D eigenvalue weighted by Crippen LogP contribution is -2.38. The van der Waals surface area contributed by atoms with Gasteiger partial charge in [-0.1, -0.05) is 0 Å². The zero-order chi connectivity index (χ0) is 12.2. The number of aliphatic hydroxyl groups is 1. The van der Waals surface area contributed by atoms with E-state index in [-0.39, 0.29) is 18.6 Å². The Balaban J connectivity index is 3.63. The largest absolute Gasteiger partial charge is 0.396 e. The Bertz CT molecular complexity index is 169. The molecule has 1 unspecified atom stereocenters. The molecule has 96 valence electrons. The van der Waals surface area contributed by atoms with Crippen molar-refractivity contribution in [3.63, 3.8) is 0 Å². The molecule has 0 rings (SSSR count). The molecule has 0 aromatic rings. The van der Waals surface area contributed by atoms with Gasteiger partial charge in [0.05, 0.1) is 12.6 Å². The third kappa shape index (κ3) is 8.64. The standard InChI is InChI=1S/C11H23NO4/c1-3-16-8-4-5-11(14)12-10(6-7-13)9-15-2/h10,13H,3-9H2,1-2H3,(H,12,14). The quantitative estimate of drug-likeness (QED) is 0.533. The minimum atomic E-state index is -0.102. The highest BCUT2D eigenvalue weighted by Gasteiger charge is 2.10. The highest BCUT2D eigenvalue weighted by Crippen LogP contribution is 1.96.